The Morgan fingerprint density at radius 2 is 2.10 bits per heavy atom. The van der Waals surface area contributed by atoms with Gasteiger partial charge in [-0.15, -0.1) is 0 Å². The maximum Gasteiger partial charge on any atom is 0.348 e. The highest BCUT2D eigenvalue weighted by atomic mass is 35.5. The molecule has 1 unspecified atom stereocenters. The lowest BCUT2D eigenvalue weighted by Gasteiger charge is -2.32. The molecule has 0 aromatic carbocycles. The number of nitrogens with zero attached hydrogens (tertiary/aromatic N) is 5. The molecule has 0 bridgehead atoms. The molecule has 1 atom stereocenters. The molecule has 3 heterocycles. The molecule has 3 rings (SSSR count). The van der Waals surface area contributed by atoms with E-state index >= 15 is 0 Å². The minimum Gasteiger partial charge on any atom is -0.379 e. The van der Waals surface area contributed by atoms with Gasteiger partial charge in [-0.25, -0.2) is 9.97 Å². The van der Waals surface area contributed by atoms with Gasteiger partial charge in [0, 0.05) is 32.2 Å². The van der Waals surface area contributed by atoms with Crippen LogP contribution in [0.15, 0.2) is 6.33 Å². The number of ether oxygens (including phenoxy) is 1. The quantitative estimate of drug-likeness (QED) is 0.466. The Labute approximate surface area is 126 Å². The van der Waals surface area contributed by atoms with Gasteiger partial charge in [-0.05, 0) is 6.42 Å². The molecule has 0 radical (unpaired) electrons. The summed E-state index contributed by atoms with van der Waals surface area (Å²) in [6, 6.07) is 0.377. The van der Waals surface area contributed by atoms with Crippen molar-refractivity contribution < 1.29 is 9.66 Å². The van der Waals surface area contributed by atoms with Crippen molar-refractivity contribution in [2.45, 2.75) is 12.5 Å². The van der Waals surface area contributed by atoms with Crippen molar-refractivity contribution in [3.05, 3.63) is 21.6 Å². The predicted octanol–water partition coefficient (Wildman–Crippen LogP) is 0.949. The second kappa shape index (κ2) is 6.08. The van der Waals surface area contributed by atoms with Crippen LogP contribution < -0.4 is 4.90 Å². The number of nitro groups is 1. The third-order valence-corrected chi connectivity index (χ3v) is 4.24. The van der Waals surface area contributed by atoms with Gasteiger partial charge in [0.1, 0.15) is 6.33 Å². The molecule has 0 N–H and O–H groups in total. The Morgan fingerprint density at radius 1 is 1.33 bits per heavy atom. The van der Waals surface area contributed by atoms with E-state index in [1.165, 1.54) is 6.33 Å². The highest BCUT2D eigenvalue weighted by Crippen LogP contribution is 2.33. The van der Waals surface area contributed by atoms with Gasteiger partial charge in [-0.1, -0.05) is 11.6 Å². The fourth-order valence-corrected chi connectivity index (χ4v) is 3.11. The first-order valence-corrected chi connectivity index (χ1v) is 7.26. The molecule has 8 nitrogen and oxygen atoms in total. The van der Waals surface area contributed by atoms with Crippen LogP contribution in [0.5, 0.6) is 0 Å². The van der Waals surface area contributed by atoms with Crippen LogP contribution in [0.25, 0.3) is 0 Å². The Bertz CT molecular complexity index is 538. The summed E-state index contributed by atoms with van der Waals surface area (Å²) in [5.74, 6) is 0.316. The summed E-state index contributed by atoms with van der Waals surface area (Å²) in [7, 11) is 0. The first-order valence-electron chi connectivity index (χ1n) is 6.88. The number of hydrogen-bond donors (Lipinski definition) is 0. The zero-order valence-corrected chi connectivity index (χ0v) is 12.2. The average molecular weight is 314 g/mol. The highest BCUT2D eigenvalue weighted by Gasteiger charge is 2.34. The second-order valence-electron chi connectivity index (χ2n) is 5.13. The van der Waals surface area contributed by atoms with Crippen LogP contribution in [0.4, 0.5) is 11.5 Å². The lowest BCUT2D eigenvalue weighted by molar-refractivity contribution is -0.384. The third-order valence-electron chi connectivity index (χ3n) is 3.97. The summed E-state index contributed by atoms with van der Waals surface area (Å²) in [4.78, 5) is 22.7. The van der Waals surface area contributed by atoms with Gasteiger partial charge in [-0.3, -0.25) is 15.0 Å². The highest BCUT2D eigenvalue weighted by molar-refractivity contribution is 6.31. The number of hydrogen-bond acceptors (Lipinski definition) is 7. The molecule has 2 aliphatic heterocycles. The first-order chi connectivity index (χ1) is 10.2. The number of aromatic nitrogens is 2. The van der Waals surface area contributed by atoms with Crippen LogP contribution in [0.1, 0.15) is 6.42 Å². The van der Waals surface area contributed by atoms with Crippen molar-refractivity contribution in [1.29, 1.82) is 0 Å². The summed E-state index contributed by atoms with van der Waals surface area (Å²) in [5, 5.41) is 11.1. The van der Waals surface area contributed by atoms with Crippen LogP contribution in [0.3, 0.4) is 0 Å². The molecule has 2 aliphatic rings. The summed E-state index contributed by atoms with van der Waals surface area (Å²) in [5.41, 5.74) is -0.207. The molecular weight excluding hydrogens is 298 g/mol. The Morgan fingerprint density at radius 3 is 2.81 bits per heavy atom. The molecule has 2 saturated heterocycles. The molecular formula is C12H16ClN5O3. The van der Waals surface area contributed by atoms with Crippen LogP contribution >= 0.6 is 11.6 Å². The van der Waals surface area contributed by atoms with Crippen LogP contribution in [0, 0.1) is 10.1 Å². The van der Waals surface area contributed by atoms with E-state index in [1.54, 1.807) is 0 Å². The lowest BCUT2D eigenvalue weighted by atomic mass is 10.2. The van der Waals surface area contributed by atoms with Gasteiger partial charge in [0.25, 0.3) is 0 Å². The maximum atomic E-state index is 11.2. The zero-order valence-electron chi connectivity index (χ0n) is 11.4. The van der Waals surface area contributed by atoms with E-state index in [0.717, 1.165) is 39.3 Å². The minimum atomic E-state index is -0.514. The van der Waals surface area contributed by atoms with Crippen LogP contribution in [-0.4, -0.2) is 65.2 Å². The van der Waals surface area contributed by atoms with E-state index in [-0.39, 0.29) is 10.8 Å². The van der Waals surface area contributed by atoms with Gasteiger partial charge in [0.2, 0.25) is 11.0 Å². The molecule has 0 amide bonds. The molecule has 0 saturated carbocycles. The number of halogens is 1. The number of rotatable bonds is 3. The fourth-order valence-electron chi connectivity index (χ4n) is 2.91. The van der Waals surface area contributed by atoms with Crippen molar-refractivity contribution in [3.63, 3.8) is 0 Å². The van der Waals surface area contributed by atoms with Gasteiger partial charge < -0.3 is 9.64 Å². The Kier molecular flexibility index (Phi) is 4.18. The van der Waals surface area contributed by atoms with Crippen molar-refractivity contribution in [2.24, 2.45) is 0 Å². The van der Waals surface area contributed by atoms with Crippen molar-refractivity contribution in [2.75, 3.05) is 44.3 Å². The molecule has 1 aromatic rings. The SMILES string of the molecule is O=[N+]([O-])c1c(Cl)ncnc1N1CCC(N2CCOCC2)C1. The van der Waals surface area contributed by atoms with E-state index < -0.39 is 4.92 Å². The summed E-state index contributed by atoms with van der Waals surface area (Å²) in [6.45, 7) is 4.76. The van der Waals surface area contributed by atoms with Crippen molar-refractivity contribution >= 4 is 23.1 Å². The summed E-state index contributed by atoms with van der Waals surface area (Å²) < 4.78 is 5.35. The van der Waals surface area contributed by atoms with Gasteiger partial charge in [-0.2, -0.15) is 0 Å². The Hall–Kier alpha value is -1.51. The maximum absolute atomic E-state index is 11.2. The largest absolute Gasteiger partial charge is 0.379 e. The number of anilines is 1. The van der Waals surface area contributed by atoms with E-state index in [4.69, 9.17) is 16.3 Å². The number of morpholine rings is 1. The monoisotopic (exact) mass is 313 g/mol. The van der Waals surface area contributed by atoms with Crippen molar-refractivity contribution in [1.82, 2.24) is 14.9 Å². The molecule has 0 aliphatic carbocycles. The predicted molar refractivity (Wildman–Crippen MR) is 76.7 cm³/mol. The average Bonchev–Trinajstić information content (AvgIpc) is 2.97. The molecule has 21 heavy (non-hydrogen) atoms. The summed E-state index contributed by atoms with van der Waals surface area (Å²) >= 11 is 5.84. The molecule has 1 aromatic heterocycles. The molecule has 9 heteroatoms. The summed E-state index contributed by atoms with van der Waals surface area (Å²) in [6.07, 6.45) is 2.23. The fraction of sp³-hybridized carbons (Fsp3) is 0.667. The first kappa shape index (κ1) is 14.4. The van der Waals surface area contributed by atoms with E-state index in [2.05, 4.69) is 14.9 Å². The normalized spacial score (nSPS) is 23.5. The third kappa shape index (κ3) is 2.92. The molecule has 0 spiro atoms. The van der Waals surface area contributed by atoms with E-state index in [0.29, 0.717) is 18.4 Å². The van der Waals surface area contributed by atoms with Crippen LogP contribution in [0.2, 0.25) is 5.15 Å². The van der Waals surface area contributed by atoms with Crippen molar-refractivity contribution in [3.8, 4) is 0 Å². The van der Waals surface area contributed by atoms with E-state index in [1.807, 2.05) is 4.90 Å². The standard InChI is InChI=1S/C12H16ClN5O3/c13-11-10(18(19)20)12(15-8-14-11)17-2-1-9(7-17)16-3-5-21-6-4-16/h8-9H,1-7H2. The van der Waals surface area contributed by atoms with Gasteiger partial charge >= 0.3 is 5.69 Å². The van der Waals surface area contributed by atoms with Crippen LogP contribution in [-0.2, 0) is 4.74 Å². The smallest absolute Gasteiger partial charge is 0.348 e. The molecule has 114 valence electrons. The lowest BCUT2D eigenvalue weighted by Crippen LogP contribution is -2.44. The minimum absolute atomic E-state index is 0.111. The van der Waals surface area contributed by atoms with Gasteiger partial charge in [0.15, 0.2) is 0 Å². The van der Waals surface area contributed by atoms with E-state index in [9.17, 15) is 10.1 Å². The Balaban J connectivity index is 1.77. The second-order valence-corrected chi connectivity index (χ2v) is 5.49. The zero-order chi connectivity index (χ0) is 14.8. The topological polar surface area (TPSA) is 84.6 Å². The van der Waals surface area contributed by atoms with Gasteiger partial charge in [0.05, 0.1) is 18.1 Å². The molecule has 2 fully saturated rings.